The Morgan fingerprint density at radius 1 is 1.23 bits per heavy atom. The van der Waals surface area contributed by atoms with E-state index in [1.54, 1.807) is 32.1 Å². The first-order valence-electron chi connectivity index (χ1n) is 12.9. The number of aromatic nitrogens is 1. The van der Waals surface area contributed by atoms with Crippen molar-refractivity contribution < 1.29 is 24.5 Å². The van der Waals surface area contributed by atoms with Crippen LogP contribution in [0.1, 0.15) is 90.8 Å². The summed E-state index contributed by atoms with van der Waals surface area (Å²) in [7, 11) is 0. The lowest BCUT2D eigenvalue weighted by molar-refractivity contribution is -0.154. The number of Topliss-reactive ketones (excluding diaryl/α,β-unsaturated/α-hetero) is 1. The zero-order chi connectivity index (χ0) is 26.1. The summed E-state index contributed by atoms with van der Waals surface area (Å²) in [6, 6.07) is 0. The molecule has 3 rings (SSSR count). The summed E-state index contributed by atoms with van der Waals surface area (Å²) < 4.78 is 5.95. The van der Waals surface area contributed by atoms with Crippen molar-refractivity contribution in [2.75, 3.05) is 0 Å². The van der Waals surface area contributed by atoms with E-state index in [0.29, 0.717) is 5.92 Å². The van der Waals surface area contributed by atoms with Crippen molar-refractivity contribution in [3.8, 4) is 0 Å². The SMILES string of the molecule is C/C(=C\c1csc(C)n1)C1CC2CC2(C)CCC[C@H](C)C(O)[C@@H](C)C(=O)C(C)(C)[C@@H](O)CC(=O)O1. The number of rotatable bonds is 2. The molecule has 1 aliphatic carbocycles. The average molecular weight is 506 g/mol. The van der Waals surface area contributed by atoms with Crippen LogP contribution < -0.4 is 0 Å². The van der Waals surface area contributed by atoms with E-state index in [4.69, 9.17) is 4.74 Å². The molecule has 0 bridgehead atoms. The van der Waals surface area contributed by atoms with Crippen molar-refractivity contribution in [2.24, 2.45) is 28.6 Å². The minimum absolute atomic E-state index is 0.0138. The molecular formula is C28H43NO5S. The summed E-state index contributed by atoms with van der Waals surface area (Å²) >= 11 is 1.58. The Morgan fingerprint density at radius 3 is 2.54 bits per heavy atom. The summed E-state index contributed by atoms with van der Waals surface area (Å²) in [5.74, 6) is -0.926. The Kier molecular flexibility index (Phi) is 8.65. The van der Waals surface area contributed by atoms with E-state index in [2.05, 4.69) is 11.9 Å². The predicted molar refractivity (Wildman–Crippen MR) is 139 cm³/mol. The standard InChI is InChI=1S/C28H43NO5S/c1-16-9-8-10-28(7)14-20(28)12-22(17(2)11-21-15-35-19(4)29-21)34-24(31)13-23(30)27(5,6)26(33)18(3)25(16)32/h11,15-16,18,20,22-23,25,30,32H,8-10,12-14H2,1-7H3/b17-11+/t16-,18+,20?,22?,23-,25?,28?/m0/s1. The number of fused-ring (bicyclic) bond motifs is 1. The smallest absolute Gasteiger partial charge is 0.309 e. The molecule has 2 fully saturated rings. The van der Waals surface area contributed by atoms with Crippen molar-refractivity contribution in [1.82, 2.24) is 4.98 Å². The van der Waals surface area contributed by atoms with Gasteiger partial charge in [-0.3, -0.25) is 9.59 Å². The topological polar surface area (TPSA) is 96.7 Å². The van der Waals surface area contributed by atoms with E-state index >= 15 is 0 Å². The van der Waals surface area contributed by atoms with Crippen LogP contribution in [-0.4, -0.2) is 45.3 Å². The second kappa shape index (κ2) is 10.8. The molecule has 1 saturated carbocycles. The van der Waals surface area contributed by atoms with Crippen molar-refractivity contribution in [2.45, 2.75) is 105 Å². The first-order valence-corrected chi connectivity index (χ1v) is 13.8. The highest BCUT2D eigenvalue weighted by Gasteiger charge is 2.50. The normalized spacial score (nSPS) is 37.5. The van der Waals surface area contributed by atoms with Crippen LogP contribution in [0.25, 0.3) is 6.08 Å². The van der Waals surface area contributed by atoms with Gasteiger partial charge in [0, 0.05) is 11.3 Å². The Balaban J connectivity index is 1.85. The molecule has 196 valence electrons. The van der Waals surface area contributed by atoms with Crippen molar-refractivity contribution >= 4 is 29.2 Å². The Morgan fingerprint density at radius 2 is 1.91 bits per heavy atom. The van der Waals surface area contributed by atoms with Crippen LogP contribution in [0.2, 0.25) is 0 Å². The average Bonchev–Trinajstić information content (AvgIpc) is 3.22. The third-order valence-electron chi connectivity index (χ3n) is 8.58. The van der Waals surface area contributed by atoms with Gasteiger partial charge < -0.3 is 14.9 Å². The first-order chi connectivity index (χ1) is 16.2. The molecule has 4 unspecified atom stereocenters. The maximum Gasteiger partial charge on any atom is 0.309 e. The number of cyclic esters (lactones) is 1. The maximum absolute atomic E-state index is 13.2. The van der Waals surface area contributed by atoms with Gasteiger partial charge in [0.25, 0.3) is 0 Å². The monoisotopic (exact) mass is 505 g/mol. The number of aryl methyl sites for hydroxylation is 1. The molecule has 1 aromatic heterocycles. The lowest BCUT2D eigenvalue weighted by Gasteiger charge is -2.34. The number of nitrogens with zero attached hydrogens (tertiary/aromatic N) is 1. The summed E-state index contributed by atoms with van der Waals surface area (Å²) in [6.07, 6.45) is 4.06. The Bertz CT molecular complexity index is 953. The molecule has 2 heterocycles. The number of aliphatic hydroxyl groups is 2. The molecule has 35 heavy (non-hydrogen) atoms. The highest BCUT2D eigenvalue weighted by molar-refractivity contribution is 7.09. The molecule has 0 radical (unpaired) electrons. The van der Waals surface area contributed by atoms with Crippen LogP contribution >= 0.6 is 11.3 Å². The largest absolute Gasteiger partial charge is 0.458 e. The molecule has 6 nitrogen and oxygen atoms in total. The summed E-state index contributed by atoms with van der Waals surface area (Å²) in [5, 5.41) is 24.7. The van der Waals surface area contributed by atoms with Gasteiger partial charge in [0.15, 0.2) is 0 Å². The lowest BCUT2D eigenvalue weighted by atomic mass is 9.73. The Hall–Kier alpha value is -1.57. The van der Waals surface area contributed by atoms with Crippen LogP contribution in [0.5, 0.6) is 0 Å². The number of hydrogen-bond donors (Lipinski definition) is 2. The number of hydrogen-bond acceptors (Lipinski definition) is 7. The van der Waals surface area contributed by atoms with Gasteiger partial charge in [-0.1, -0.05) is 41.0 Å². The van der Waals surface area contributed by atoms with Gasteiger partial charge in [-0.05, 0) is 68.4 Å². The molecule has 2 N–H and O–H groups in total. The van der Waals surface area contributed by atoms with Gasteiger partial charge in [-0.25, -0.2) is 4.98 Å². The highest BCUT2D eigenvalue weighted by Crippen LogP contribution is 2.58. The second-order valence-electron chi connectivity index (χ2n) is 11.9. The number of ether oxygens (including phenoxy) is 1. The summed E-state index contributed by atoms with van der Waals surface area (Å²) in [5.41, 5.74) is 0.825. The maximum atomic E-state index is 13.2. The highest BCUT2D eigenvalue weighted by atomic mass is 32.1. The lowest BCUT2D eigenvalue weighted by Crippen LogP contribution is -2.45. The van der Waals surface area contributed by atoms with E-state index in [1.807, 2.05) is 32.2 Å². The van der Waals surface area contributed by atoms with Crippen LogP contribution in [0.3, 0.4) is 0 Å². The Labute approximate surface area is 214 Å². The van der Waals surface area contributed by atoms with Crippen molar-refractivity contribution in [1.29, 1.82) is 0 Å². The van der Waals surface area contributed by atoms with Gasteiger partial charge in [0.1, 0.15) is 11.9 Å². The first kappa shape index (κ1) is 28.0. The molecular weight excluding hydrogens is 462 g/mol. The fourth-order valence-electron chi connectivity index (χ4n) is 5.55. The molecule has 7 atom stereocenters. The van der Waals surface area contributed by atoms with Gasteiger partial charge in [-0.15, -0.1) is 11.3 Å². The van der Waals surface area contributed by atoms with E-state index in [9.17, 15) is 19.8 Å². The number of carbonyl (C=O) groups is 2. The van der Waals surface area contributed by atoms with Crippen molar-refractivity contribution in [3.63, 3.8) is 0 Å². The fourth-order valence-corrected chi connectivity index (χ4v) is 6.12. The van der Waals surface area contributed by atoms with Crippen molar-refractivity contribution in [3.05, 3.63) is 21.7 Å². The quantitative estimate of drug-likeness (QED) is 0.526. The van der Waals surface area contributed by atoms with E-state index in [-0.39, 0.29) is 23.5 Å². The van der Waals surface area contributed by atoms with E-state index < -0.39 is 35.6 Å². The molecule has 1 aliphatic heterocycles. The van der Waals surface area contributed by atoms with Gasteiger partial charge in [0.05, 0.1) is 34.7 Å². The number of esters is 1. The number of thiazole rings is 1. The zero-order valence-corrected chi connectivity index (χ0v) is 23.2. The molecule has 7 heteroatoms. The minimum atomic E-state index is -1.20. The fraction of sp³-hybridized carbons (Fsp3) is 0.750. The van der Waals surface area contributed by atoms with Crippen LogP contribution in [0.4, 0.5) is 0 Å². The van der Waals surface area contributed by atoms with E-state index in [0.717, 1.165) is 48.4 Å². The predicted octanol–water partition coefficient (Wildman–Crippen LogP) is 5.35. The van der Waals surface area contributed by atoms with Gasteiger partial charge >= 0.3 is 5.97 Å². The van der Waals surface area contributed by atoms with Crippen LogP contribution in [0, 0.1) is 35.5 Å². The van der Waals surface area contributed by atoms with Gasteiger partial charge in [-0.2, -0.15) is 0 Å². The molecule has 1 aromatic rings. The molecule has 1 saturated heterocycles. The van der Waals surface area contributed by atoms with Crippen LogP contribution in [0.15, 0.2) is 11.0 Å². The zero-order valence-electron chi connectivity index (χ0n) is 22.3. The third kappa shape index (κ3) is 6.60. The molecule has 2 aliphatic rings. The van der Waals surface area contributed by atoms with Crippen LogP contribution in [-0.2, 0) is 14.3 Å². The molecule has 0 spiro atoms. The third-order valence-corrected chi connectivity index (χ3v) is 9.37. The van der Waals surface area contributed by atoms with Gasteiger partial charge in [0.2, 0.25) is 0 Å². The number of ketones is 1. The molecule has 0 amide bonds. The van der Waals surface area contributed by atoms with E-state index in [1.165, 1.54) is 0 Å². The number of carbonyl (C=O) groups excluding carboxylic acids is 2. The summed E-state index contributed by atoms with van der Waals surface area (Å²) in [6.45, 7) is 13.2. The second-order valence-corrected chi connectivity index (χ2v) is 13.0. The number of aliphatic hydroxyl groups excluding tert-OH is 2. The molecule has 0 aromatic carbocycles. The summed E-state index contributed by atoms with van der Waals surface area (Å²) in [4.78, 5) is 30.7. The minimum Gasteiger partial charge on any atom is -0.458 e.